The number of fused-ring (bicyclic) bond motifs is 1. The van der Waals surface area contributed by atoms with E-state index in [0.717, 1.165) is 31.0 Å². The van der Waals surface area contributed by atoms with E-state index in [1.165, 1.54) is 12.1 Å². The number of nitrogens with one attached hydrogen (secondary N) is 2. The van der Waals surface area contributed by atoms with Crippen molar-refractivity contribution in [1.29, 1.82) is 0 Å². The molecule has 37 heavy (non-hydrogen) atoms. The monoisotopic (exact) mass is 545 g/mol. The number of sulfonamides is 2. The Balaban J connectivity index is 1.81. The fourth-order valence-electron chi connectivity index (χ4n) is 5.07. The van der Waals surface area contributed by atoms with Gasteiger partial charge in [-0.1, -0.05) is 26.0 Å². The van der Waals surface area contributed by atoms with Crippen LogP contribution in [0.4, 0.5) is 5.69 Å². The highest BCUT2D eigenvalue weighted by Gasteiger charge is 2.33. The lowest BCUT2D eigenvalue weighted by Crippen LogP contribution is -2.40. The summed E-state index contributed by atoms with van der Waals surface area (Å²) in [5, 5.41) is 0.690. The van der Waals surface area contributed by atoms with Gasteiger partial charge in [0.1, 0.15) is 0 Å². The Morgan fingerprint density at radius 2 is 1.76 bits per heavy atom. The standard InChI is InChI=1S/C27H35N3O5S2/c1-26(2,3)29-37(34,35)21-9-7-8-18(14-21)25(31)23-17-30(20-12-13-27(4,5)16-20)24-15-19(10-11-22(23)24)28-36(6,32)33/h7-11,14-15,17,20,28-29H,12-13,16H2,1-6H3. The molecule has 1 aliphatic carbocycles. The maximum Gasteiger partial charge on any atom is 0.241 e. The quantitative estimate of drug-likeness (QED) is 0.402. The molecule has 0 bridgehead atoms. The number of hydrogen-bond acceptors (Lipinski definition) is 5. The predicted octanol–water partition coefficient (Wildman–Crippen LogP) is 5.07. The summed E-state index contributed by atoms with van der Waals surface area (Å²) in [6.45, 7) is 9.71. The van der Waals surface area contributed by atoms with E-state index >= 15 is 0 Å². The molecule has 8 nitrogen and oxygen atoms in total. The molecule has 0 amide bonds. The average Bonchev–Trinajstić information content (AvgIpc) is 3.30. The summed E-state index contributed by atoms with van der Waals surface area (Å²) < 4.78 is 56.6. The van der Waals surface area contributed by atoms with Crippen molar-refractivity contribution in [2.45, 2.75) is 70.4 Å². The zero-order chi connectivity index (χ0) is 27.4. The second-order valence-corrected chi connectivity index (χ2v) is 15.3. The van der Waals surface area contributed by atoms with Crippen molar-refractivity contribution >= 4 is 42.4 Å². The van der Waals surface area contributed by atoms with Gasteiger partial charge in [0, 0.05) is 34.3 Å². The number of ketones is 1. The van der Waals surface area contributed by atoms with Crippen LogP contribution in [0.2, 0.25) is 0 Å². The van der Waals surface area contributed by atoms with Crippen LogP contribution >= 0.6 is 0 Å². The number of rotatable bonds is 7. The van der Waals surface area contributed by atoms with Gasteiger partial charge in [-0.15, -0.1) is 0 Å². The minimum absolute atomic E-state index is 0.0224. The molecule has 1 aromatic heterocycles. The van der Waals surface area contributed by atoms with Crippen molar-refractivity contribution in [2.75, 3.05) is 11.0 Å². The van der Waals surface area contributed by atoms with Crippen LogP contribution in [0, 0.1) is 5.41 Å². The zero-order valence-electron chi connectivity index (χ0n) is 22.1. The fourth-order valence-corrected chi connectivity index (χ4v) is 7.09. The SMILES string of the molecule is CC1(C)CCC(n2cc(C(=O)c3cccc(S(=O)(=O)NC(C)(C)C)c3)c3ccc(NS(C)(=O)=O)cc32)C1. The van der Waals surface area contributed by atoms with E-state index < -0.39 is 25.6 Å². The van der Waals surface area contributed by atoms with Crippen molar-refractivity contribution in [3.63, 3.8) is 0 Å². The molecule has 2 aromatic carbocycles. The summed E-state index contributed by atoms with van der Waals surface area (Å²) in [5.74, 6) is -0.294. The molecule has 1 aliphatic rings. The van der Waals surface area contributed by atoms with Gasteiger partial charge in [0.25, 0.3) is 0 Å². The highest BCUT2D eigenvalue weighted by atomic mass is 32.2. The Morgan fingerprint density at radius 3 is 2.35 bits per heavy atom. The van der Waals surface area contributed by atoms with Crippen LogP contribution in [0.25, 0.3) is 10.9 Å². The molecule has 0 radical (unpaired) electrons. The first-order valence-electron chi connectivity index (χ1n) is 12.3. The molecular weight excluding hydrogens is 510 g/mol. The second-order valence-electron chi connectivity index (χ2n) is 11.8. The number of anilines is 1. The van der Waals surface area contributed by atoms with E-state index in [1.807, 2.05) is 6.20 Å². The van der Waals surface area contributed by atoms with Crippen LogP contribution in [0.5, 0.6) is 0 Å². The summed E-state index contributed by atoms with van der Waals surface area (Å²) in [6, 6.07) is 11.3. The van der Waals surface area contributed by atoms with Gasteiger partial charge >= 0.3 is 0 Å². The highest BCUT2D eigenvalue weighted by Crippen LogP contribution is 2.45. The van der Waals surface area contributed by atoms with Crippen molar-refractivity contribution in [2.24, 2.45) is 5.41 Å². The van der Waals surface area contributed by atoms with Gasteiger partial charge < -0.3 is 4.57 Å². The number of aromatic nitrogens is 1. The molecule has 1 atom stereocenters. The molecule has 0 saturated heterocycles. The molecule has 1 unspecified atom stereocenters. The largest absolute Gasteiger partial charge is 0.344 e. The Kier molecular flexibility index (Phi) is 6.84. The fraction of sp³-hybridized carbons (Fsp3) is 0.444. The molecule has 0 spiro atoms. The topological polar surface area (TPSA) is 114 Å². The first kappa shape index (κ1) is 27.3. The Bertz CT molecular complexity index is 1580. The summed E-state index contributed by atoms with van der Waals surface area (Å²) in [5.41, 5.74) is 1.39. The third kappa shape index (κ3) is 6.25. The van der Waals surface area contributed by atoms with E-state index in [1.54, 1.807) is 51.1 Å². The van der Waals surface area contributed by atoms with Gasteiger partial charge in [-0.05, 0) is 75.8 Å². The smallest absolute Gasteiger partial charge is 0.241 e. The lowest BCUT2D eigenvalue weighted by Gasteiger charge is -2.20. The van der Waals surface area contributed by atoms with Crippen molar-refractivity contribution in [1.82, 2.24) is 9.29 Å². The molecule has 10 heteroatoms. The Morgan fingerprint density at radius 1 is 1.05 bits per heavy atom. The molecule has 0 aliphatic heterocycles. The first-order valence-corrected chi connectivity index (χ1v) is 15.6. The lowest BCUT2D eigenvalue weighted by atomic mass is 9.92. The van der Waals surface area contributed by atoms with Gasteiger partial charge in [-0.25, -0.2) is 21.6 Å². The van der Waals surface area contributed by atoms with Crippen molar-refractivity contribution < 1.29 is 21.6 Å². The molecule has 3 aromatic rings. The summed E-state index contributed by atoms with van der Waals surface area (Å²) in [7, 11) is -7.28. The van der Waals surface area contributed by atoms with E-state index in [0.29, 0.717) is 16.6 Å². The molecule has 1 heterocycles. The zero-order valence-corrected chi connectivity index (χ0v) is 23.8. The number of carbonyl (C=O) groups is 1. The van der Waals surface area contributed by atoms with Crippen LogP contribution < -0.4 is 9.44 Å². The predicted molar refractivity (Wildman–Crippen MR) is 147 cm³/mol. The van der Waals surface area contributed by atoms with E-state index in [4.69, 9.17) is 0 Å². The molecular formula is C27H35N3O5S2. The van der Waals surface area contributed by atoms with Gasteiger partial charge in [-0.2, -0.15) is 0 Å². The van der Waals surface area contributed by atoms with E-state index in [9.17, 15) is 21.6 Å². The average molecular weight is 546 g/mol. The molecule has 200 valence electrons. The summed E-state index contributed by atoms with van der Waals surface area (Å²) >= 11 is 0. The minimum atomic E-state index is -3.82. The Labute approximate surface area is 219 Å². The Hall–Kier alpha value is -2.69. The van der Waals surface area contributed by atoms with E-state index in [2.05, 4.69) is 27.9 Å². The van der Waals surface area contributed by atoms with Crippen LogP contribution in [-0.4, -0.2) is 39.0 Å². The van der Waals surface area contributed by atoms with Gasteiger partial charge in [-0.3, -0.25) is 9.52 Å². The number of carbonyl (C=O) groups excluding carboxylic acids is 1. The molecule has 1 saturated carbocycles. The molecule has 1 fully saturated rings. The lowest BCUT2D eigenvalue weighted by molar-refractivity contribution is 0.103. The van der Waals surface area contributed by atoms with Gasteiger partial charge in [0.05, 0.1) is 22.4 Å². The van der Waals surface area contributed by atoms with Crippen LogP contribution in [-0.2, 0) is 20.0 Å². The summed E-state index contributed by atoms with van der Waals surface area (Å²) in [6.07, 6.45) is 5.85. The van der Waals surface area contributed by atoms with Crippen molar-refractivity contribution in [3.05, 3.63) is 59.8 Å². The van der Waals surface area contributed by atoms with Crippen molar-refractivity contribution in [3.8, 4) is 0 Å². The number of benzene rings is 2. The van der Waals surface area contributed by atoms with Crippen LogP contribution in [0.15, 0.2) is 53.6 Å². The molecule has 2 N–H and O–H groups in total. The number of hydrogen-bond donors (Lipinski definition) is 2. The maximum absolute atomic E-state index is 13.8. The van der Waals surface area contributed by atoms with Crippen LogP contribution in [0.3, 0.4) is 0 Å². The second kappa shape index (κ2) is 9.25. The minimum Gasteiger partial charge on any atom is -0.344 e. The van der Waals surface area contributed by atoms with Gasteiger partial charge in [0.15, 0.2) is 5.78 Å². The summed E-state index contributed by atoms with van der Waals surface area (Å²) in [4.78, 5) is 13.8. The first-order chi connectivity index (χ1) is 16.9. The van der Waals surface area contributed by atoms with Crippen LogP contribution in [0.1, 0.15) is 75.8 Å². The van der Waals surface area contributed by atoms with E-state index in [-0.39, 0.29) is 27.7 Å². The molecule has 4 rings (SSSR count). The maximum atomic E-state index is 13.8. The highest BCUT2D eigenvalue weighted by molar-refractivity contribution is 7.92. The number of nitrogens with zero attached hydrogens (tertiary/aromatic N) is 1. The van der Waals surface area contributed by atoms with Gasteiger partial charge in [0.2, 0.25) is 20.0 Å². The third-order valence-corrected chi connectivity index (χ3v) is 8.93. The normalized spacial score (nSPS) is 18.3. The third-order valence-electron chi connectivity index (χ3n) is 6.57.